The standard InChI is InChI=1S/C15H12FNO2/c1-2-15(18)17-12-6-8-13(9-7-12)19-14-5-3-4-11(16)10-14/h2-10H,1H2,(H,17,18). The number of anilines is 1. The van der Waals surface area contributed by atoms with Gasteiger partial charge < -0.3 is 10.1 Å². The van der Waals surface area contributed by atoms with Crippen LogP contribution >= 0.6 is 0 Å². The number of rotatable bonds is 4. The fraction of sp³-hybridized carbons (Fsp3) is 0. The Morgan fingerprint density at radius 2 is 1.89 bits per heavy atom. The van der Waals surface area contributed by atoms with Gasteiger partial charge in [-0.2, -0.15) is 0 Å². The molecule has 0 aliphatic rings. The van der Waals surface area contributed by atoms with E-state index in [1.807, 2.05) is 0 Å². The second kappa shape index (κ2) is 5.82. The predicted octanol–water partition coefficient (Wildman–Crippen LogP) is 3.74. The highest BCUT2D eigenvalue weighted by Crippen LogP contribution is 2.23. The van der Waals surface area contributed by atoms with E-state index in [4.69, 9.17) is 4.74 Å². The third-order valence-corrected chi connectivity index (χ3v) is 2.34. The molecule has 0 bridgehead atoms. The first-order chi connectivity index (χ1) is 9.17. The van der Waals surface area contributed by atoms with Crippen molar-refractivity contribution in [2.75, 3.05) is 5.32 Å². The van der Waals surface area contributed by atoms with E-state index in [-0.39, 0.29) is 11.7 Å². The zero-order valence-electron chi connectivity index (χ0n) is 10.1. The lowest BCUT2D eigenvalue weighted by molar-refractivity contribution is -0.111. The van der Waals surface area contributed by atoms with Gasteiger partial charge in [-0.3, -0.25) is 4.79 Å². The first-order valence-electron chi connectivity index (χ1n) is 5.64. The molecule has 2 rings (SSSR count). The Morgan fingerprint density at radius 3 is 2.53 bits per heavy atom. The average Bonchev–Trinajstić information content (AvgIpc) is 2.41. The molecule has 3 nitrogen and oxygen atoms in total. The van der Waals surface area contributed by atoms with Crippen LogP contribution in [0.5, 0.6) is 11.5 Å². The zero-order valence-corrected chi connectivity index (χ0v) is 10.1. The summed E-state index contributed by atoms with van der Waals surface area (Å²) in [5, 5.41) is 2.62. The highest BCUT2D eigenvalue weighted by atomic mass is 19.1. The van der Waals surface area contributed by atoms with Crippen molar-refractivity contribution < 1.29 is 13.9 Å². The molecule has 0 heterocycles. The first-order valence-corrected chi connectivity index (χ1v) is 5.64. The average molecular weight is 257 g/mol. The molecule has 96 valence electrons. The van der Waals surface area contributed by atoms with Crippen molar-refractivity contribution in [3.05, 3.63) is 67.0 Å². The Kier molecular flexibility index (Phi) is 3.93. The molecule has 0 aliphatic carbocycles. The van der Waals surface area contributed by atoms with E-state index in [9.17, 15) is 9.18 Å². The monoisotopic (exact) mass is 257 g/mol. The molecule has 0 aliphatic heterocycles. The van der Waals surface area contributed by atoms with Crippen LogP contribution in [0.3, 0.4) is 0 Å². The molecule has 2 aromatic rings. The Hall–Kier alpha value is -2.62. The van der Waals surface area contributed by atoms with Crippen molar-refractivity contribution in [2.45, 2.75) is 0 Å². The summed E-state index contributed by atoms with van der Waals surface area (Å²) in [4.78, 5) is 11.1. The van der Waals surface area contributed by atoms with Gasteiger partial charge in [-0.15, -0.1) is 0 Å². The largest absolute Gasteiger partial charge is 0.457 e. The smallest absolute Gasteiger partial charge is 0.247 e. The molecule has 0 saturated heterocycles. The van der Waals surface area contributed by atoms with Gasteiger partial charge in [-0.05, 0) is 42.5 Å². The summed E-state index contributed by atoms with van der Waals surface area (Å²) in [6.45, 7) is 3.37. The van der Waals surface area contributed by atoms with Gasteiger partial charge in [-0.25, -0.2) is 4.39 Å². The predicted molar refractivity (Wildman–Crippen MR) is 71.7 cm³/mol. The van der Waals surface area contributed by atoms with Gasteiger partial charge in [0.1, 0.15) is 17.3 Å². The number of carbonyl (C=O) groups is 1. The molecule has 1 amide bonds. The maximum Gasteiger partial charge on any atom is 0.247 e. The van der Waals surface area contributed by atoms with E-state index in [0.717, 1.165) is 0 Å². The third-order valence-electron chi connectivity index (χ3n) is 2.34. The number of benzene rings is 2. The summed E-state index contributed by atoms with van der Waals surface area (Å²) < 4.78 is 18.5. The van der Waals surface area contributed by atoms with E-state index in [0.29, 0.717) is 17.2 Å². The number of amides is 1. The number of halogens is 1. The van der Waals surface area contributed by atoms with Crippen LogP contribution in [0.15, 0.2) is 61.2 Å². The van der Waals surface area contributed by atoms with E-state index in [1.54, 1.807) is 36.4 Å². The van der Waals surface area contributed by atoms with Crippen LogP contribution in [0.4, 0.5) is 10.1 Å². The number of carbonyl (C=O) groups excluding carboxylic acids is 1. The third kappa shape index (κ3) is 3.67. The van der Waals surface area contributed by atoms with Crippen LogP contribution in [-0.4, -0.2) is 5.91 Å². The van der Waals surface area contributed by atoms with E-state index in [1.165, 1.54) is 18.2 Å². The summed E-state index contributed by atoms with van der Waals surface area (Å²) in [7, 11) is 0. The van der Waals surface area contributed by atoms with Gasteiger partial charge in [0.25, 0.3) is 0 Å². The van der Waals surface area contributed by atoms with Gasteiger partial charge in [0.15, 0.2) is 0 Å². The summed E-state index contributed by atoms with van der Waals surface area (Å²) in [6, 6.07) is 12.6. The van der Waals surface area contributed by atoms with Crippen LogP contribution in [0.2, 0.25) is 0 Å². The van der Waals surface area contributed by atoms with Gasteiger partial charge >= 0.3 is 0 Å². The Morgan fingerprint density at radius 1 is 1.16 bits per heavy atom. The van der Waals surface area contributed by atoms with Crippen LogP contribution in [0, 0.1) is 5.82 Å². The van der Waals surface area contributed by atoms with Crippen LogP contribution in [0.1, 0.15) is 0 Å². The molecule has 19 heavy (non-hydrogen) atoms. The fourth-order valence-electron chi connectivity index (χ4n) is 1.47. The van der Waals surface area contributed by atoms with E-state index in [2.05, 4.69) is 11.9 Å². The van der Waals surface area contributed by atoms with Crippen LogP contribution < -0.4 is 10.1 Å². The van der Waals surface area contributed by atoms with E-state index >= 15 is 0 Å². The molecule has 0 unspecified atom stereocenters. The molecule has 0 radical (unpaired) electrons. The van der Waals surface area contributed by atoms with Crippen molar-refractivity contribution in [1.29, 1.82) is 0 Å². The maximum atomic E-state index is 13.0. The number of hydrogen-bond acceptors (Lipinski definition) is 2. The minimum Gasteiger partial charge on any atom is -0.457 e. The summed E-state index contributed by atoms with van der Waals surface area (Å²) in [6.07, 6.45) is 1.19. The Labute approximate surface area is 110 Å². The maximum absolute atomic E-state index is 13.0. The lowest BCUT2D eigenvalue weighted by atomic mass is 10.3. The molecule has 0 atom stereocenters. The normalized spacial score (nSPS) is 9.74. The topological polar surface area (TPSA) is 38.3 Å². The van der Waals surface area contributed by atoms with Crippen LogP contribution in [0.25, 0.3) is 0 Å². The summed E-state index contributed by atoms with van der Waals surface area (Å²) in [5.41, 5.74) is 0.636. The Bertz CT molecular complexity index is 593. The molecular weight excluding hydrogens is 245 g/mol. The quantitative estimate of drug-likeness (QED) is 0.847. The molecule has 1 N–H and O–H groups in total. The van der Waals surface area contributed by atoms with Gasteiger partial charge in [-0.1, -0.05) is 12.6 Å². The summed E-state index contributed by atoms with van der Waals surface area (Å²) in [5.74, 6) is 0.344. The van der Waals surface area contributed by atoms with Gasteiger partial charge in [0.05, 0.1) is 0 Å². The second-order valence-electron chi connectivity index (χ2n) is 3.78. The van der Waals surface area contributed by atoms with E-state index < -0.39 is 0 Å². The van der Waals surface area contributed by atoms with Crippen molar-refractivity contribution in [1.82, 2.24) is 0 Å². The number of nitrogens with one attached hydrogen (secondary N) is 1. The highest BCUT2D eigenvalue weighted by Gasteiger charge is 2.00. The SMILES string of the molecule is C=CC(=O)Nc1ccc(Oc2cccc(F)c2)cc1. The molecule has 0 aromatic heterocycles. The Balaban J connectivity index is 2.06. The van der Waals surface area contributed by atoms with Crippen molar-refractivity contribution >= 4 is 11.6 Å². The minimum absolute atomic E-state index is 0.279. The van der Waals surface area contributed by atoms with Gasteiger partial charge in [0, 0.05) is 11.8 Å². The minimum atomic E-state index is -0.354. The molecule has 0 fully saturated rings. The van der Waals surface area contributed by atoms with Crippen LogP contribution in [-0.2, 0) is 4.79 Å². The highest BCUT2D eigenvalue weighted by molar-refractivity contribution is 5.98. The number of ether oxygens (including phenoxy) is 1. The zero-order chi connectivity index (χ0) is 13.7. The lowest BCUT2D eigenvalue weighted by Gasteiger charge is -2.07. The van der Waals surface area contributed by atoms with Crippen molar-refractivity contribution in [3.8, 4) is 11.5 Å². The second-order valence-corrected chi connectivity index (χ2v) is 3.78. The van der Waals surface area contributed by atoms with Crippen molar-refractivity contribution in [2.24, 2.45) is 0 Å². The van der Waals surface area contributed by atoms with Gasteiger partial charge in [0.2, 0.25) is 5.91 Å². The van der Waals surface area contributed by atoms with Crippen molar-refractivity contribution in [3.63, 3.8) is 0 Å². The molecule has 2 aromatic carbocycles. The number of hydrogen-bond donors (Lipinski definition) is 1. The fourth-order valence-corrected chi connectivity index (χ4v) is 1.47. The lowest BCUT2D eigenvalue weighted by Crippen LogP contribution is -2.06. The molecule has 4 heteroatoms. The summed E-state index contributed by atoms with van der Waals surface area (Å²) >= 11 is 0. The molecule has 0 saturated carbocycles. The first kappa shape index (κ1) is 12.8. The molecule has 0 spiro atoms. The molecular formula is C15H12FNO2.